The summed E-state index contributed by atoms with van der Waals surface area (Å²) in [4.78, 5) is -0.00889. The maximum absolute atomic E-state index is 13.2. The molecule has 0 aromatic heterocycles. The highest BCUT2D eigenvalue weighted by molar-refractivity contribution is 9.10. The fourth-order valence-corrected chi connectivity index (χ4v) is 3.83. The molecule has 1 aromatic carbocycles. The number of nitrogens with zero attached hydrogens (tertiary/aromatic N) is 1. The van der Waals surface area contributed by atoms with Crippen molar-refractivity contribution in [1.29, 1.82) is 0 Å². The normalized spacial score (nSPS) is 12.1. The van der Waals surface area contributed by atoms with E-state index >= 15 is 0 Å². The van der Waals surface area contributed by atoms with Gasteiger partial charge in [0.2, 0.25) is 10.0 Å². The third kappa shape index (κ3) is 3.90. The molecule has 0 fully saturated rings. The largest absolute Gasteiger partial charge is 0.396 e. The number of benzene rings is 1. The Balaban J connectivity index is 3.03. The van der Waals surface area contributed by atoms with Gasteiger partial charge in [-0.3, -0.25) is 0 Å². The number of nitrogen functional groups attached to an aromatic ring is 1. The molecule has 0 spiro atoms. The van der Waals surface area contributed by atoms with Gasteiger partial charge in [0.1, 0.15) is 5.82 Å². The van der Waals surface area contributed by atoms with Gasteiger partial charge in [-0.1, -0.05) is 19.8 Å². The Labute approximate surface area is 122 Å². The molecule has 0 radical (unpaired) electrons. The van der Waals surface area contributed by atoms with Crippen LogP contribution in [0.1, 0.15) is 26.2 Å². The fourth-order valence-electron chi connectivity index (χ4n) is 1.62. The standard InChI is InChI=1S/C12H18BrFN2O2S/c1-3-4-5-6-16(2)19(17,18)12-8-11(15)10(14)7-9(12)13/h7-8H,3-6,15H2,1-2H3. The summed E-state index contributed by atoms with van der Waals surface area (Å²) >= 11 is 3.07. The van der Waals surface area contributed by atoms with Gasteiger partial charge in [0, 0.05) is 18.1 Å². The molecule has 4 nitrogen and oxygen atoms in total. The highest BCUT2D eigenvalue weighted by atomic mass is 79.9. The number of nitrogens with two attached hydrogens (primary N) is 1. The van der Waals surface area contributed by atoms with Gasteiger partial charge < -0.3 is 5.73 Å². The van der Waals surface area contributed by atoms with Gasteiger partial charge in [0.15, 0.2) is 0 Å². The second kappa shape index (κ2) is 6.67. The minimum Gasteiger partial charge on any atom is -0.396 e. The third-order valence-corrected chi connectivity index (χ3v) is 5.63. The van der Waals surface area contributed by atoms with Crippen LogP contribution in [0.2, 0.25) is 0 Å². The molecule has 108 valence electrons. The van der Waals surface area contributed by atoms with E-state index in [0.29, 0.717) is 6.54 Å². The van der Waals surface area contributed by atoms with E-state index in [1.807, 2.05) is 6.92 Å². The van der Waals surface area contributed by atoms with E-state index < -0.39 is 15.8 Å². The van der Waals surface area contributed by atoms with Crippen LogP contribution in [-0.2, 0) is 10.0 Å². The number of unbranched alkanes of at least 4 members (excludes halogenated alkanes) is 2. The molecule has 1 aromatic rings. The van der Waals surface area contributed by atoms with Crippen LogP contribution in [0.25, 0.3) is 0 Å². The van der Waals surface area contributed by atoms with Crippen molar-refractivity contribution >= 4 is 31.6 Å². The zero-order valence-corrected chi connectivity index (χ0v) is 13.4. The quantitative estimate of drug-likeness (QED) is 0.632. The average Bonchev–Trinajstić information content (AvgIpc) is 2.33. The lowest BCUT2D eigenvalue weighted by Gasteiger charge is -2.18. The smallest absolute Gasteiger partial charge is 0.244 e. The van der Waals surface area contributed by atoms with Crippen LogP contribution in [0, 0.1) is 5.82 Å². The van der Waals surface area contributed by atoms with Gasteiger partial charge >= 0.3 is 0 Å². The van der Waals surface area contributed by atoms with Gasteiger partial charge in [-0.05, 0) is 34.5 Å². The highest BCUT2D eigenvalue weighted by Crippen LogP contribution is 2.28. The van der Waals surface area contributed by atoms with E-state index in [4.69, 9.17) is 5.73 Å². The summed E-state index contributed by atoms with van der Waals surface area (Å²) < 4.78 is 39.3. The number of anilines is 1. The molecule has 0 amide bonds. The van der Waals surface area contributed by atoms with Crippen molar-refractivity contribution in [3.63, 3.8) is 0 Å². The van der Waals surface area contributed by atoms with Gasteiger partial charge in [-0.2, -0.15) is 0 Å². The van der Waals surface area contributed by atoms with Crippen LogP contribution >= 0.6 is 15.9 Å². The van der Waals surface area contributed by atoms with E-state index in [1.54, 1.807) is 0 Å². The van der Waals surface area contributed by atoms with E-state index in [-0.39, 0.29) is 15.1 Å². The van der Waals surface area contributed by atoms with Crippen LogP contribution in [0.4, 0.5) is 10.1 Å². The van der Waals surface area contributed by atoms with E-state index in [9.17, 15) is 12.8 Å². The molecule has 0 aliphatic heterocycles. The number of hydrogen-bond donors (Lipinski definition) is 1. The Hall–Kier alpha value is -0.660. The first-order valence-electron chi connectivity index (χ1n) is 6.01. The fraction of sp³-hybridized carbons (Fsp3) is 0.500. The maximum atomic E-state index is 13.2. The molecule has 1 rings (SSSR count). The van der Waals surface area contributed by atoms with Crippen LogP contribution in [0.3, 0.4) is 0 Å². The van der Waals surface area contributed by atoms with Crippen molar-refractivity contribution in [2.75, 3.05) is 19.3 Å². The number of sulfonamides is 1. The molecular formula is C12H18BrFN2O2S. The van der Waals surface area contributed by atoms with Crippen LogP contribution in [0.15, 0.2) is 21.5 Å². The third-order valence-electron chi connectivity index (χ3n) is 2.82. The monoisotopic (exact) mass is 352 g/mol. The van der Waals surface area contributed by atoms with Gasteiger partial charge in [-0.25, -0.2) is 17.1 Å². The summed E-state index contributed by atoms with van der Waals surface area (Å²) in [5, 5.41) is 0. The molecular weight excluding hydrogens is 335 g/mol. The molecule has 0 saturated carbocycles. The van der Waals surface area contributed by atoms with Crippen molar-refractivity contribution in [3.8, 4) is 0 Å². The van der Waals surface area contributed by atoms with Crippen molar-refractivity contribution in [1.82, 2.24) is 4.31 Å². The van der Waals surface area contributed by atoms with Crippen LogP contribution in [0.5, 0.6) is 0 Å². The SMILES string of the molecule is CCCCCN(C)S(=O)(=O)c1cc(N)c(F)cc1Br. The summed E-state index contributed by atoms with van der Waals surface area (Å²) in [6, 6.07) is 2.22. The van der Waals surface area contributed by atoms with Crippen molar-refractivity contribution in [3.05, 3.63) is 22.4 Å². The molecule has 0 heterocycles. The topological polar surface area (TPSA) is 63.4 Å². The van der Waals surface area contributed by atoms with Crippen LogP contribution in [-0.4, -0.2) is 26.3 Å². The maximum Gasteiger partial charge on any atom is 0.244 e. The molecule has 7 heteroatoms. The molecule has 0 aliphatic carbocycles. The molecule has 0 aliphatic rings. The Bertz CT molecular complexity index is 549. The van der Waals surface area contributed by atoms with E-state index in [2.05, 4.69) is 15.9 Å². The zero-order chi connectivity index (χ0) is 14.6. The number of rotatable bonds is 6. The van der Waals surface area contributed by atoms with Crippen molar-refractivity contribution < 1.29 is 12.8 Å². The Morgan fingerprint density at radius 2 is 2.00 bits per heavy atom. The summed E-state index contributed by atoms with van der Waals surface area (Å²) in [5.74, 6) is -0.639. The molecule has 0 atom stereocenters. The average molecular weight is 353 g/mol. The second-order valence-corrected chi connectivity index (χ2v) is 7.21. The zero-order valence-electron chi connectivity index (χ0n) is 11.0. The second-order valence-electron chi connectivity index (χ2n) is 4.34. The number of halogens is 2. The first-order chi connectivity index (χ1) is 8.80. The van der Waals surface area contributed by atoms with E-state index in [1.165, 1.54) is 11.4 Å². The van der Waals surface area contributed by atoms with Crippen LogP contribution < -0.4 is 5.73 Å². The molecule has 0 saturated heterocycles. The summed E-state index contributed by atoms with van der Waals surface area (Å²) in [5.41, 5.74) is 5.25. The van der Waals surface area contributed by atoms with Gasteiger partial charge in [-0.15, -0.1) is 0 Å². The summed E-state index contributed by atoms with van der Waals surface area (Å²) in [6.07, 6.45) is 2.77. The minimum absolute atomic E-state index is 0.00889. The predicted molar refractivity (Wildman–Crippen MR) is 77.9 cm³/mol. The molecule has 0 bridgehead atoms. The van der Waals surface area contributed by atoms with Crippen molar-refractivity contribution in [2.45, 2.75) is 31.1 Å². The Morgan fingerprint density at radius 1 is 1.37 bits per heavy atom. The first-order valence-corrected chi connectivity index (χ1v) is 8.24. The Morgan fingerprint density at radius 3 is 2.58 bits per heavy atom. The summed E-state index contributed by atoms with van der Waals surface area (Å²) in [6.45, 7) is 2.48. The minimum atomic E-state index is -3.65. The van der Waals surface area contributed by atoms with Crippen molar-refractivity contribution in [2.24, 2.45) is 0 Å². The lowest BCUT2D eigenvalue weighted by Crippen LogP contribution is -2.28. The highest BCUT2D eigenvalue weighted by Gasteiger charge is 2.24. The molecule has 0 unspecified atom stereocenters. The lowest BCUT2D eigenvalue weighted by atomic mass is 10.2. The Kier molecular flexibility index (Phi) is 5.76. The van der Waals surface area contributed by atoms with E-state index in [0.717, 1.165) is 31.4 Å². The van der Waals surface area contributed by atoms with Gasteiger partial charge in [0.05, 0.1) is 10.6 Å². The lowest BCUT2D eigenvalue weighted by molar-refractivity contribution is 0.454. The molecule has 2 N–H and O–H groups in total. The molecule has 19 heavy (non-hydrogen) atoms. The first kappa shape index (κ1) is 16.4. The predicted octanol–water partition coefficient (Wildman–Crippen LogP) is 2.98. The van der Waals surface area contributed by atoms with Gasteiger partial charge in [0.25, 0.3) is 0 Å². The number of hydrogen-bond acceptors (Lipinski definition) is 3. The summed E-state index contributed by atoms with van der Waals surface area (Å²) in [7, 11) is -2.14.